The molecular weight excluding hydrogens is 252 g/mol. The third-order valence-electron chi connectivity index (χ3n) is 2.84. The number of benzene rings is 1. The van der Waals surface area contributed by atoms with Crippen molar-refractivity contribution in [3.63, 3.8) is 0 Å². The molecule has 0 bridgehead atoms. The summed E-state index contributed by atoms with van der Waals surface area (Å²) in [7, 11) is -3.74. The third-order valence-corrected chi connectivity index (χ3v) is 4.71. The Morgan fingerprint density at radius 3 is 2.17 bits per heavy atom. The number of rotatable bonds is 3. The molecule has 0 saturated heterocycles. The second-order valence-electron chi connectivity index (χ2n) is 4.22. The first-order valence-corrected chi connectivity index (χ1v) is 7.11. The van der Waals surface area contributed by atoms with Gasteiger partial charge in [0.2, 0.25) is 0 Å². The SMILES string of the molecule is CC1=C(S(=O)(=O)Cc2ccccc2)C(=O)CC1=O. The molecule has 0 aliphatic heterocycles. The van der Waals surface area contributed by atoms with E-state index >= 15 is 0 Å². The van der Waals surface area contributed by atoms with Gasteiger partial charge in [0.25, 0.3) is 0 Å². The zero-order valence-corrected chi connectivity index (χ0v) is 10.7. The maximum Gasteiger partial charge on any atom is 0.186 e. The van der Waals surface area contributed by atoms with Crippen molar-refractivity contribution in [2.75, 3.05) is 0 Å². The molecule has 1 aromatic carbocycles. The summed E-state index contributed by atoms with van der Waals surface area (Å²) in [4.78, 5) is 22.6. The number of sulfone groups is 1. The molecule has 1 aromatic rings. The molecule has 1 aliphatic rings. The van der Waals surface area contributed by atoms with Crippen LogP contribution >= 0.6 is 0 Å². The van der Waals surface area contributed by atoms with Gasteiger partial charge in [-0.1, -0.05) is 30.3 Å². The Hall–Kier alpha value is -1.75. The highest BCUT2D eigenvalue weighted by atomic mass is 32.2. The van der Waals surface area contributed by atoms with Gasteiger partial charge in [0.05, 0.1) is 12.2 Å². The number of carbonyl (C=O) groups excluding carboxylic acids is 2. The lowest BCUT2D eigenvalue weighted by Crippen LogP contribution is -2.13. The number of allylic oxidation sites excluding steroid dienone is 2. The number of ketones is 2. The smallest absolute Gasteiger partial charge is 0.186 e. The van der Waals surface area contributed by atoms with E-state index in [9.17, 15) is 18.0 Å². The minimum Gasteiger partial charge on any atom is -0.294 e. The highest BCUT2D eigenvalue weighted by molar-refractivity contribution is 7.95. The normalized spacial score (nSPS) is 16.5. The largest absolute Gasteiger partial charge is 0.294 e. The van der Waals surface area contributed by atoms with Crippen LogP contribution in [0.5, 0.6) is 0 Å². The first-order valence-electron chi connectivity index (χ1n) is 5.46. The van der Waals surface area contributed by atoms with Crippen LogP contribution in [0.2, 0.25) is 0 Å². The van der Waals surface area contributed by atoms with E-state index in [-0.39, 0.29) is 22.7 Å². The van der Waals surface area contributed by atoms with Crippen molar-refractivity contribution in [1.82, 2.24) is 0 Å². The summed E-state index contributed by atoms with van der Waals surface area (Å²) >= 11 is 0. The molecule has 0 saturated carbocycles. The number of hydrogen-bond acceptors (Lipinski definition) is 4. The Morgan fingerprint density at radius 2 is 1.67 bits per heavy atom. The Balaban J connectivity index is 2.39. The maximum atomic E-state index is 12.1. The summed E-state index contributed by atoms with van der Waals surface area (Å²) < 4.78 is 24.3. The first-order chi connectivity index (χ1) is 8.42. The predicted octanol–water partition coefficient (Wildman–Crippen LogP) is 1.42. The van der Waals surface area contributed by atoms with Crippen LogP contribution in [0.15, 0.2) is 40.8 Å². The van der Waals surface area contributed by atoms with E-state index in [1.165, 1.54) is 6.92 Å². The summed E-state index contributed by atoms with van der Waals surface area (Å²) in [5, 5.41) is 0. The summed E-state index contributed by atoms with van der Waals surface area (Å²) in [5.41, 5.74) is 0.667. The minimum absolute atomic E-state index is 0.0657. The molecule has 4 nitrogen and oxygen atoms in total. The van der Waals surface area contributed by atoms with Crippen molar-refractivity contribution in [2.24, 2.45) is 0 Å². The Morgan fingerprint density at radius 1 is 1.06 bits per heavy atom. The standard InChI is InChI=1S/C13H12O4S/c1-9-11(14)7-12(15)13(9)18(16,17)8-10-5-3-2-4-6-10/h2-6H,7-8H2,1H3. The van der Waals surface area contributed by atoms with Gasteiger partial charge < -0.3 is 0 Å². The number of Topliss-reactive ketones (excluding diaryl/α,β-unsaturated/α-hetero) is 2. The predicted molar refractivity (Wildman–Crippen MR) is 66.4 cm³/mol. The number of hydrogen-bond donors (Lipinski definition) is 0. The van der Waals surface area contributed by atoms with Crippen molar-refractivity contribution in [3.05, 3.63) is 46.4 Å². The highest BCUT2D eigenvalue weighted by Gasteiger charge is 2.36. The molecule has 0 fully saturated rings. The van der Waals surface area contributed by atoms with Crippen molar-refractivity contribution < 1.29 is 18.0 Å². The van der Waals surface area contributed by atoms with Gasteiger partial charge >= 0.3 is 0 Å². The maximum absolute atomic E-state index is 12.1. The average molecular weight is 264 g/mol. The van der Waals surface area contributed by atoms with Gasteiger partial charge in [0.15, 0.2) is 21.4 Å². The molecule has 5 heteroatoms. The van der Waals surface area contributed by atoms with Crippen molar-refractivity contribution in [2.45, 2.75) is 19.1 Å². The fraction of sp³-hybridized carbons (Fsp3) is 0.231. The van der Waals surface area contributed by atoms with Crippen molar-refractivity contribution in [3.8, 4) is 0 Å². The molecule has 0 aromatic heterocycles. The minimum atomic E-state index is -3.74. The molecule has 0 heterocycles. The van der Waals surface area contributed by atoms with E-state index in [4.69, 9.17) is 0 Å². The molecule has 0 atom stereocenters. The summed E-state index contributed by atoms with van der Waals surface area (Å²) in [6.45, 7) is 1.39. The van der Waals surface area contributed by atoms with Crippen molar-refractivity contribution in [1.29, 1.82) is 0 Å². The topological polar surface area (TPSA) is 68.3 Å². The lowest BCUT2D eigenvalue weighted by molar-refractivity contribution is -0.120. The van der Waals surface area contributed by atoms with E-state index in [0.29, 0.717) is 5.56 Å². The quantitative estimate of drug-likeness (QED) is 0.774. The summed E-state index contributed by atoms with van der Waals surface area (Å²) in [6.07, 6.45) is -0.324. The van der Waals surface area contributed by atoms with Gasteiger partial charge in [-0.05, 0) is 12.5 Å². The molecule has 0 amide bonds. The first kappa shape index (κ1) is 12.7. The van der Waals surface area contributed by atoms with Gasteiger partial charge in [-0.15, -0.1) is 0 Å². The molecule has 0 N–H and O–H groups in total. The van der Waals surface area contributed by atoms with Gasteiger partial charge in [0.1, 0.15) is 4.91 Å². The van der Waals surface area contributed by atoms with E-state index < -0.39 is 21.4 Å². The van der Waals surface area contributed by atoms with Crippen LogP contribution in [0.3, 0.4) is 0 Å². The lowest BCUT2D eigenvalue weighted by atomic mass is 10.2. The molecular formula is C13H12O4S. The Labute approximate surface area is 105 Å². The Bertz CT molecular complexity index is 639. The monoisotopic (exact) mass is 264 g/mol. The lowest BCUT2D eigenvalue weighted by Gasteiger charge is -2.05. The van der Waals surface area contributed by atoms with Crippen LogP contribution in [0.4, 0.5) is 0 Å². The zero-order valence-electron chi connectivity index (χ0n) is 9.84. The van der Waals surface area contributed by atoms with Crippen molar-refractivity contribution >= 4 is 21.4 Å². The van der Waals surface area contributed by atoms with Crippen LogP contribution in [-0.4, -0.2) is 20.0 Å². The van der Waals surface area contributed by atoms with E-state index in [2.05, 4.69) is 0 Å². The fourth-order valence-corrected chi connectivity index (χ4v) is 3.74. The van der Waals surface area contributed by atoms with Gasteiger partial charge in [-0.3, -0.25) is 9.59 Å². The fourth-order valence-electron chi connectivity index (χ4n) is 1.97. The zero-order chi connectivity index (χ0) is 13.3. The van der Waals surface area contributed by atoms with Crippen LogP contribution in [0, 0.1) is 0 Å². The molecule has 18 heavy (non-hydrogen) atoms. The average Bonchev–Trinajstić information content (AvgIpc) is 2.54. The third kappa shape index (κ3) is 2.26. The van der Waals surface area contributed by atoms with Gasteiger partial charge in [-0.25, -0.2) is 8.42 Å². The molecule has 2 rings (SSSR count). The molecule has 0 radical (unpaired) electrons. The molecule has 94 valence electrons. The summed E-state index contributed by atoms with van der Waals surface area (Å²) in [5.74, 6) is -1.24. The second kappa shape index (κ2) is 4.49. The van der Waals surface area contributed by atoms with Gasteiger partial charge in [0, 0.05) is 5.57 Å². The van der Waals surface area contributed by atoms with Crippen LogP contribution in [0.1, 0.15) is 18.9 Å². The molecule has 0 spiro atoms. The molecule has 0 unspecified atom stereocenters. The van der Waals surface area contributed by atoms with E-state index in [1.54, 1.807) is 30.3 Å². The van der Waals surface area contributed by atoms with Crippen LogP contribution < -0.4 is 0 Å². The summed E-state index contributed by atoms with van der Waals surface area (Å²) in [6, 6.07) is 8.59. The van der Waals surface area contributed by atoms with Gasteiger partial charge in [-0.2, -0.15) is 0 Å². The van der Waals surface area contributed by atoms with E-state index in [1.807, 2.05) is 0 Å². The number of carbonyl (C=O) groups is 2. The Kier molecular flexibility index (Phi) is 3.17. The van der Waals surface area contributed by atoms with Crippen LogP contribution in [0.25, 0.3) is 0 Å². The second-order valence-corrected chi connectivity index (χ2v) is 6.15. The highest BCUT2D eigenvalue weighted by Crippen LogP contribution is 2.26. The van der Waals surface area contributed by atoms with Crippen LogP contribution in [-0.2, 0) is 25.2 Å². The molecule has 1 aliphatic carbocycles. The van der Waals surface area contributed by atoms with E-state index in [0.717, 1.165) is 0 Å².